The maximum atomic E-state index is 2.29. The molecule has 1 aromatic rings. The van der Waals surface area contributed by atoms with Gasteiger partial charge in [0.15, 0.2) is 0 Å². The fraction of sp³-hybridized carbons (Fsp3) is 0.467. The highest BCUT2D eigenvalue weighted by atomic mass is 14.1. The number of hydrogen-bond donors (Lipinski definition) is 0. The lowest BCUT2D eigenvalue weighted by atomic mass is 9.96. The Morgan fingerprint density at radius 2 is 1.87 bits per heavy atom. The van der Waals surface area contributed by atoms with Crippen molar-refractivity contribution in [1.82, 2.24) is 0 Å². The van der Waals surface area contributed by atoms with E-state index in [4.69, 9.17) is 0 Å². The van der Waals surface area contributed by atoms with Gasteiger partial charge in [0.25, 0.3) is 0 Å². The van der Waals surface area contributed by atoms with Gasteiger partial charge in [0.05, 0.1) is 0 Å². The molecule has 0 N–H and O–H groups in total. The van der Waals surface area contributed by atoms with Crippen molar-refractivity contribution in [2.45, 2.75) is 46.0 Å². The van der Waals surface area contributed by atoms with Gasteiger partial charge >= 0.3 is 0 Å². The molecule has 0 nitrogen and oxygen atoms in total. The summed E-state index contributed by atoms with van der Waals surface area (Å²) in [6, 6.07) is 9.09. The summed E-state index contributed by atoms with van der Waals surface area (Å²) in [6.07, 6.45) is 7.94. The van der Waals surface area contributed by atoms with Gasteiger partial charge in [-0.3, -0.25) is 0 Å². The van der Waals surface area contributed by atoms with Crippen LogP contribution in [0.4, 0.5) is 0 Å². The van der Waals surface area contributed by atoms with Gasteiger partial charge in [-0.1, -0.05) is 56.7 Å². The van der Waals surface area contributed by atoms with Crippen LogP contribution in [0, 0.1) is 0 Å². The Morgan fingerprint density at radius 3 is 2.40 bits per heavy atom. The van der Waals surface area contributed by atoms with Crippen molar-refractivity contribution in [2.24, 2.45) is 0 Å². The quantitative estimate of drug-likeness (QED) is 0.607. The molecule has 1 aromatic carbocycles. The van der Waals surface area contributed by atoms with Gasteiger partial charge in [0, 0.05) is 0 Å². The first-order valence-electron chi connectivity index (χ1n) is 5.98. The van der Waals surface area contributed by atoms with Gasteiger partial charge in [-0.05, 0) is 36.8 Å². The Kier molecular flexibility index (Phi) is 5.17. The van der Waals surface area contributed by atoms with E-state index >= 15 is 0 Å². The molecule has 0 aliphatic heterocycles. The lowest BCUT2D eigenvalue weighted by Crippen LogP contribution is -1.92. The third-order valence-electron chi connectivity index (χ3n) is 2.81. The molecule has 0 aliphatic rings. The maximum Gasteiger partial charge on any atom is -0.0156 e. The average Bonchev–Trinajstić information content (AvgIpc) is 2.27. The van der Waals surface area contributed by atoms with Gasteiger partial charge in [0.2, 0.25) is 0 Å². The van der Waals surface area contributed by atoms with E-state index in [2.05, 4.69) is 57.2 Å². The van der Waals surface area contributed by atoms with Crippen LogP contribution in [0.3, 0.4) is 0 Å². The molecule has 0 bridgehead atoms. The Labute approximate surface area is 94.0 Å². The summed E-state index contributed by atoms with van der Waals surface area (Å²) in [7, 11) is 0. The Balaban J connectivity index is 2.62. The van der Waals surface area contributed by atoms with Gasteiger partial charge in [-0.15, -0.1) is 0 Å². The molecule has 82 valence electrons. The largest absolute Gasteiger partial charge is 0.0916 e. The average molecular weight is 202 g/mol. The second-order valence-electron chi connectivity index (χ2n) is 4.20. The zero-order chi connectivity index (χ0) is 11.1. The predicted molar refractivity (Wildman–Crippen MR) is 68.3 cm³/mol. The summed E-state index contributed by atoms with van der Waals surface area (Å²) >= 11 is 0. The molecule has 0 saturated heterocycles. The number of aryl methyl sites for hydroxylation is 1. The molecule has 1 rings (SSSR count). The van der Waals surface area contributed by atoms with E-state index in [1.807, 2.05) is 0 Å². The monoisotopic (exact) mass is 202 g/mol. The molecule has 0 radical (unpaired) electrons. The molecular weight excluding hydrogens is 180 g/mol. The summed E-state index contributed by atoms with van der Waals surface area (Å²) in [4.78, 5) is 0. The molecule has 1 atom stereocenters. The van der Waals surface area contributed by atoms with Crippen molar-refractivity contribution in [2.75, 3.05) is 0 Å². The number of hydrogen-bond acceptors (Lipinski definition) is 0. The van der Waals surface area contributed by atoms with Crippen LogP contribution in [0.25, 0.3) is 0 Å². The van der Waals surface area contributed by atoms with Crippen LogP contribution in [-0.4, -0.2) is 0 Å². The second-order valence-corrected chi connectivity index (χ2v) is 4.20. The predicted octanol–water partition coefficient (Wildman–Crippen LogP) is 4.71. The molecule has 0 fully saturated rings. The first kappa shape index (κ1) is 12.0. The smallest absolute Gasteiger partial charge is 0.0156 e. The fourth-order valence-corrected chi connectivity index (χ4v) is 1.78. The van der Waals surface area contributed by atoms with E-state index in [-0.39, 0.29) is 0 Å². The topological polar surface area (TPSA) is 0 Å². The van der Waals surface area contributed by atoms with E-state index in [0.717, 1.165) is 6.42 Å². The van der Waals surface area contributed by atoms with E-state index in [0.29, 0.717) is 5.92 Å². The van der Waals surface area contributed by atoms with E-state index in [1.54, 1.807) is 0 Å². The normalized spacial score (nSPS) is 13.3. The fourth-order valence-electron chi connectivity index (χ4n) is 1.78. The number of allylic oxidation sites excluding steroid dienone is 2. The van der Waals surface area contributed by atoms with Crippen LogP contribution >= 0.6 is 0 Å². The molecule has 0 heteroatoms. The van der Waals surface area contributed by atoms with E-state index in [1.165, 1.54) is 24.0 Å². The summed E-state index contributed by atoms with van der Waals surface area (Å²) in [5.41, 5.74) is 2.91. The minimum absolute atomic E-state index is 0.636. The third kappa shape index (κ3) is 3.91. The molecule has 0 amide bonds. The summed E-state index contributed by atoms with van der Waals surface area (Å²) in [6.45, 7) is 6.59. The molecule has 0 saturated carbocycles. The Bertz CT molecular complexity index is 292. The lowest BCUT2D eigenvalue weighted by molar-refractivity contribution is 0.778. The van der Waals surface area contributed by atoms with E-state index in [9.17, 15) is 0 Å². The van der Waals surface area contributed by atoms with Gasteiger partial charge in [-0.25, -0.2) is 0 Å². The first-order valence-corrected chi connectivity index (χ1v) is 5.98. The molecule has 0 aromatic heterocycles. The van der Waals surface area contributed by atoms with E-state index < -0.39 is 0 Å². The van der Waals surface area contributed by atoms with Crippen LogP contribution < -0.4 is 0 Å². The standard InChI is InChI=1S/C15H22/c1-4-6-8-13(3)15-11-9-14(7-5-2)10-12-15/h4,6,9-13H,5,7-8H2,1-3H3/b6-4-. The summed E-state index contributed by atoms with van der Waals surface area (Å²) < 4.78 is 0. The minimum atomic E-state index is 0.636. The molecule has 0 spiro atoms. The Morgan fingerprint density at radius 1 is 1.20 bits per heavy atom. The molecular formula is C15H22. The zero-order valence-electron chi connectivity index (χ0n) is 10.2. The minimum Gasteiger partial charge on any atom is -0.0916 e. The highest BCUT2D eigenvalue weighted by Gasteiger charge is 2.02. The SMILES string of the molecule is C/C=C\CC(C)c1ccc(CCC)cc1. The number of rotatable bonds is 5. The Hall–Kier alpha value is -1.04. The first-order chi connectivity index (χ1) is 7.27. The molecule has 0 aliphatic carbocycles. The number of benzene rings is 1. The zero-order valence-corrected chi connectivity index (χ0v) is 10.2. The van der Waals surface area contributed by atoms with Crippen molar-refractivity contribution < 1.29 is 0 Å². The van der Waals surface area contributed by atoms with Crippen LogP contribution in [0.1, 0.15) is 50.7 Å². The summed E-state index contributed by atoms with van der Waals surface area (Å²) in [5, 5.41) is 0. The van der Waals surface area contributed by atoms with Gasteiger partial charge in [-0.2, -0.15) is 0 Å². The lowest BCUT2D eigenvalue weighted by Gasteiger charge is -2.09. The van der Waals surface area contributed by atoms with Crippen molar-refractivity contribution in [3.63, 3.8) is 0 Å². The summed E-state index contributed by atoms with van der Waals surface area (Å²) in [5.74, 6) is 0.636. The molecule has 1 unspecified atom stereocenters. The maximum absolute atomic E-state index is 2.29. The highest BCUT2D eigenvalue weighted by Crippen LogP contribution is 2.20. The van der Waals surface area contributed by atoms with Crippen LogP contribution in [0.15, 0.2) is 36.4 Å². The van der Waals surface area contributed by atoms with Crippen molar-refractivity contribution >= 4 is 0 Å². The van der Waals surface area contributed by atoms with Crippen LogP contribution in [0.2, 0.25) is 0 Å². The van der Waals surface area contributed by atoms with Gasteiger partial charge < -0.3 is 0 Å². The van der Waals surface area contributed by atoms with Crippen LogP contribution in [0.5, 0.6) is 0 Å². The van der Waals surface area contributed by atoms with Crippen molar-refractivity contribution in [3.8, 4) is 0 Å². The second kappa shape index (κ2) is 6.44. The van der Waals surface area contributed by atoms with Crippen molar-refractivity contribution in [3.05, 3.63) is 47.5 Å². The molecule has 15 heavy (non-hydrogen) atoms. The molecule has 0 heterocycles. The van der Waals surface area contributed by atoms with Crippen molar-refractivity contribution in [1.29, 1.82) is 0 Å². The highest BCUT2D eigenvalue weighted by molar-refractivity contribution is 5.25. The van der Waals surface area contributed by atoms with Gasteiger partial charge in [0.1, 0.15) is 0 Å². The van der Waals surface area contributed by atoms with Crippen LogP contribution in [-0.2, 0) is 6.42 Å². The third-order valence-corrected chi connectivity index (χ3v) is 2.81.